The van der Waals surface area contributed by atoms with Crippen LogP contribution in [-0.2, 0) is 13.2 Å². The Morgan fingerprint density at radius 1 is 1.10 bits per heavy atom. The maximum atomic E-state index is 5.78. The summed E-state index contributed by atoms with van der Waals surface area (Å²) < 4.78 is 11.5. The zero-order valence-corrected chi connectivity index (χ0v) is 11.4. The van der Waals surface area contributed by atoms with Gasteiger partial charge < -0.3 is 14.9 Å². The van der Waals surface area contributed by atoms with Crippen LogP contribution in [0.2, 0.25) is 0 Å². The quantitative estimate of drug-likeness (QED) is 0.782. The first-order valence-electron chi connectivity index (χ1n) is 6.66. The van der Waals surface area contributed by atoms with E-state index >= 15 is 0 Å². The average Bonchev–Trinajstić information content (AvgIpc) is 2.89. The molecule has 0 aliphatic heterocycles. The highest BCUT2D eigenvalue weighted by atomic mass is 16.5. The van der Waals surface area contributed by atoms with Crippen LogP contribution in [0.1, 0.15) is 16.9 Å². The number of hydrogen-bond acceptors (Lipinski definition) is 3. The molecule has 1 aromatic heterocycles. The summed E-state index contributed by atoms with van der Waals surface area (Å²) in [7, 11) is 0. The second-order valence-corrected chi connectivity index (χ2v) is 4.85. The highest BCUT2D eigenvalue weighted by molar-refractivity contribution is 5.81. The summed E-state index contributed by atoms with van der Waals surface area (Å²) in [5.74, 6) is 1.65. The van der Waals surface area contributed by atoms with E-state index in [1.165, 1.54) is 5.56 Å². The Balaban J connectivity index is 1.79. The van der Waals surface area contributed by atoms with E-state index in [9.17, 15) is 0 Å². The summed E-state index contributed by atoms with van der Waals surface area (Å²) in [4.78, 5) is 0. The van der Waals surface area contributed by atoms with Crippen molar-refractivity contribution in [1.82, 2.24) is 0 Å². The Kier molecular flexibility index (Phi) is 3.44. The van der Waals surface area contributed by atoms with Crippen LogP contribution in [-0.4, -0.2) is 0 Å². The first kappa shape index (κ1) is 12.8. The fourth-order valence-electron chi connectivity index (χ4n) is 2.21. The van der Waals surface area contributed by atoms with Crippen LogP contribution in [0.25, 0.3) is 11.0 Å². The first-order chi connectivity index (χ1) is 9.76. The van der Waals surface area contributed by atoms with Gasteiger partial charge in [0.05, 0.1) is 0 Å². The van der Waals surface area contributed by atoms with Crippen molar-refractivity contribution in [2.45, 2.75) is 20.1 Å². The smallest absolute Gasteiger partial charge is 0.146 e. The van der Waals surface area contributed by atoms with Crippen molar-refractivity contribution in [3.63, 3.8) is 0 Å². The molecule has 3 rings (SSSR count). The molecule has 0 aliphatic carbocycles. The van der Waals surface area contributed by atoms with Crippen molar-refractivity contribution in [1.29, 1.82) is 0 Å². The van der Waals surface area contributed by atoms with E-state index in [1.807, 2.05) is 48.5 Å². The third kappa shape index (κ3) is 2.53. The lowest BCUT2D eigenvalue weighted by Gasteiger charge is -2.03. The number of furan rings is 1. The highest BCUT2D eigenvalue weighted by Gasteiger charge is 2.07. The van der Waals surface area contributed by atoms with E-state index in [0.29, 0.717) is 13.2 Å². The van der Waals surface area contributed by atoms with Gasteiger partial charge >= 0.3 is 0 Å². The van der Waals surface area contributed by atoms with Crippen molar-refractivity contribution in [2.24, 2.45) is 5.73 Å². The third-order valence-electron chi connectivity index (χ3n) is 3.32. The first-order valence-corrected chi connectivity index (χ1v) is 6.66. The van der Waals surface area contributed by atoms with Gasteiger partial charge in [-0.3, -0.25) is 0 Å². The zero-order chi connectivity index (χ0) is 13.9. The molecule has 1 heterocycles. The molecule has 2 N–H and O–H groups in total. The number of aryl methyl sites for hydroxylation is 1. The number of benzene rings is 2. The minimum Gasteiger partial charge on any atom is -0.486 e. The monoisotopic (exact) mass is 267 g/mol. The summed E-state index contributed by atoms with van der Waals surface area (Å²) >= 11 is 0. The van der Waals surface area contributed by atoms with E-state index < -0.39 is 0 Å². The van der Waals surface area contributed by atoms with Crippen LogP contribution in [0.3, 0.4) is 0 Å². The fraction of sp³-hybridized carbons (Fsp3) is 0.176. The van der Waals surface area contributed by atoms with E-state index in [0.717, 1.165) is 28.0 Å². The van der Waals surface area contributed by atoms with Crippen molar-refractivity contribution in [2.75, 3.05) is 0 Å². The molecule has 3 heteroatoms. The van der Waals surface area contributed by atoms with E-state index in [1.54, 1.807) is 0 Å². The Morgan fingerprint density at radius 2 is 1.90 bits per heavy atom. The molecule has 0 amide bonds. The van der Waals surface area contributed by atoms with Crippen molar-refractivity contribution < 1.29 is 9.15 Å². The van der Waals surface area contributed by atoms with E-state index in [2.05, 4.69) is 6.92 Å². The molecular weight excluding hydrogens is 250 g/mol. The molecule has 0 saturated heterocycles. The van der Waals surface area contributed by atoms with Gasteiger partial charge in [-0.05, 0) is 36.8 Å². The normalized spacial score (nSPS) is 10.9. The van der Waals surface area contributed by atoms with Gasteiger partial charge in [-0.2, -0.15) is 0 Å². The van der Waals surface area contributed by atoms with Gasteiger partial charge in [0.25, 0.3) is 0 Å². The molecule has 0 bridgehead atoms. The summed E-state index contributed by atoms with van der Waals surface area (Å²) in [5.41, 5.74) is 8.90. The maximum Gasteiger partial charge on any atom is 0.146 e. The largest absolute Gasteiger partial charge is 0.486 e. The number of hydrogen-bond donors (Lipinski definition) is 1. The summed E-state index contributed by atoms with van der Waals surface area (Å²) in [6.07, 6.45) is 0. The van der Waals surface area contributed by atoms with Gasteiger partial charge in [-0.25, -0.2) is 0 Å². The van der Waals surface area contributed by atoms with Gasteiger partial charge in [0.2, 0.25) is 0 Å². The Labute approximate surface area is 118 Å². The van der Waals surface area contributed by atoms with Gasteiger partial charge in [-0.15, -0.1) is 0 Å². The van der Waals surface area contributed by atoms with Gasteiger partial charge in [-0.1, -0.05) is 29.8 Å². The lowest BCUT2D eigenvalue weighted by Crippen LogP contribution is -1.95. The highest BCUT2D eigenvalue weighted by Crippen LogP contribution is 2.24. The standard InChI is InChI=1S/C17H17NO2/c1-12-5-7-14(8-6-12)19-11-15-9-16-13(10-18)3-2-4-17(16)20-15/h2-9H,10-11,18H2,1H3. The Hall–Kier alpha value is -2.26. The number of fused-ring (bicyclic) bond motifs is 1. The average molecular weight is 267 g/mol. The molecule has 0 spiro atoms. The van der Waals surface area contributed by atoms with Crippen LogP contribution < -0.4 is 10.5 Å². The second kappa shape index (κ2) is 5.39. The molecule has 2 aromatic carbocycles. The van der Waals surface area contributed by atoms with Gasteiger partial charge in [0.1, 0.15) is 23.7 Å². The molecular formula is C17H17NO2. The fourth-order valence-corrected chi connectivity index (χ4v) is 2.21. The molecule has 3 nitrogen and oxygen atoms in total. The van der Waals surface area contributed by atoms with Crippen molar-refractivity contribution >= 4 is 11.0 Å². The van der Waals surface area contributed by atoms with Gasteiger partial charge in [0.15, 0.2) is 0 Å². The molecule has 0 saturated carbocycles. The maximum absolute atomic E-state index is 5.78. The van der Waals surface area contributed by atoms with Crippen LogP contribution in [0.4, 0.5) is 0 Å². The summed E-state index contributed by atoms with van der Waals surface area (Å²) in [5, 5.41) is 1.07. The van der Waals surface area contributed by atoms with E-state index in [-0.39, 0.29) is 0 Å². The lowest BCUT2D eigenvalue weighted by molar-refractivity contribution is 0.274. The van der Waals surface area contributed by atoms with Crippen LogP contribution >= 0.6 is 0 Å². The minimum absolute atomic E-state index is 0.418. The topological polar surface area (TPSA) is 48.4 Å². The Morgan fingerprint density at radius 3 is 2.65 bits per heavy atom. The molecule has 3 aromatic rings. The molecule has 0 aliphatic rings. The third-order valence-corrected chi connectivity index (χ3v) is 3.32. The number of rotatable bonds is 4. The predicted octanol–water partition coefficient (Wildman–Crippen LogP) is 3.78. The van der Waals surface area contributed by atoms with Crippen LogP contribution in [0.15, 0.2) is 52.9 Å². The molecule has 0 fully saturated rings. The Bertz CT molecular complexity index is 713. The SMILES string of the molecule is Cc1ccc(OCc2cc3c(CN)cccc3o2)cc1. The molecule has 0 unspecified atom stereocenters. The number of ether oxygens (including phenoxy) is 1. The van der Waals surface area contributed by atoms with Crippen LogP contribution in [0, 0.1) is 6.92 Å². The molecule has 102 valence electrons. The molecule has 20 heavy (non-hydrogen) atoms. The van der Waals surface area contributed by atoms with Crippen molar-refractivity contribution in [3.05, 3.63) is 65.4 Å². The second-order valence-electron chi connectivity index (χ2n) is 4.85. The zero-order valence-electron chi connectivity index (χ0n) is 11.4. The lowest BCUT2D eigenvalue weighted by atomic mass is 10.1. The van der Waals surface area contributed by atoms with Crippen LogP contribution in [0.5, 0.6) is 5.75 Å². The molecule has 0 radical (unpaired) electrons. The number of nitrogens with two attached hydrogens (primary N) is 1. The minimum atomic E-state index is 0.418. The summed E-state index contributed by atoms with van der Waals surface area (Å²) in [6, 6.07) is 15.9. The van der Waals surface area contributed by atoms with Crippen molar-refractivity contribution in [3.8, 4) is 5.75 Å². The van der Waals surface area contributed by atoms with E-state index in [4.69, 9.17) is 14.9 Å². The molecule has 0 atom stereocenters. The predicted molar refractivity (Wildman–Crippen MR) is 79.6 cm³/mol. The van der Waals surface area contributed by atoms with Gasteiger partial charge in [0, 0.05) is 11.9 Å². The summed E-state index contributed by atoms with van der Waals surface area (Å²) in [6.45, 7) is 2.98.